The van der Waals surface area contributed by atoms with Crippen LogP contribution in [-0.4, -0.2) is 35.3 Å². The van der Waals surface area contributed by atoms with Crippen molar-refractivity contribution in [2.45, 2.75) is 19.9 Å². The van der Waals surface area contributed by atoms with Crippen molar-refractivity contribution in [3.63, 3.8) is 0 Å². The van der Waals surface area contributed by atoms with Gasteiger partial charge in [-0.1, -0.05) is 6.92 Å². The van der Waals surface area contributed by atoms with Crippen LogP contribution in [0.2, 0.25) is 0 Å². The standard InChI is InChI=1S/C9H17N3/c1-4-9-5-6-10-12(9)8-7-11(2)3/h5-6H,4,7-8H2,1-3H3. The fourth-order valence-corrected chi connectivity index (χ4v) is 1.16. The van der Waals surface area contributed by atoms with Gasteiger partial charge in [0, 0.05) is 18.4 Å². The Kier molecular flexibility index (Phi) is 3.29. The summed E-state index contributed by atoms with van der Waals surface area (Å²) in [6.07, 6.45) is 2.93. The van der Waals surface area contributed by atoms with Crippen molar-refractivity contribution < 1.29 is 0 Å². The average Bonchev–Trinajstić information content (AvgIpc) is 2.47. The molecule has 1 rings (SSSR count). The van der Waals surface area contributed by atoms with Gasteiger partial charge in [-0.3, -0.25) is 4.68 Å². The first kappa shape index (κ1) is 9.26. The lowest BCUT2D eigenvalue weighted by Gasteiger charge is -2.10. The minimum absolute atomic E-state index is 0.989. The number of rotatable bonds is 4. The summed E-state index contributed by atoms with van der Waals surface area (Å²) >= 11 is 0. The van der Waals surface area contributed by atoms with Crippen LogP contribution in [0.4, 0.5) is 0 Å². The predicted molar refractivity (Wildman–Crippen MR) is 50.2 cm³/mol. The normalized spacial score (nSPS) is 11.0. The van der Waals surface area contributed by atoms with E-state index in [0.29, 0.717) is 0 Å². The van der Waals surface area contributed by atoms with Gasteiger partial charge in [-0.25, -0.2) is 0 Å². The average molecular weight is 167 g/mol. The fourth-order valence-electron chi connectivity index (χ4n) is 1.16. The highest BCUT2D eigenvalue weighted by atomic mass is 15.3. The summed E-state index contributed by atoms with van der Waals surface area (Å²) in [5, 5.41) is 4.25. The van der Waals surface area contributed by atoms with Gasteiger partial charge in [-0.2, -0.15) is 5.10 Å². The van der Waals surface area contributed by atoms with Gasteiger partial charge in [-0.15, -0.1) is 0 Å². The van der Waals surface area contributed by atoms with Crippen LogP contribution in [0.15, 0.2) is 12.3 Å². The van der Waals surface area contributed by atoms with Crippen molar-refractivity contribution >= 4 is 0 Å². The Hall–Kier alpha value is -0.830. The summed E-state index contributed by atoms with van der Waals surface area (Å²) in [6, 6.07) is 2.08. The molecule has 0 bridgehead atoms. The molecule has 0 spiro atoms. The second kappa shape index (κ2) is 4.26. The lowest BCUT2D eigenvalue weighted by molar-refractivity contribution is 0.369. The SMILES string of the molecule is CCc1ccnn1CCN(C)C. The monoisotopic (exact) mass is 167 g/mol. The van der Waals surface area contributed by atoms with E-state index in [1.165, 1.54) is 5.69 Å². The fraction of sp³-hybridized carbons (Fsp3) is 0.667. The molecule has 3 nitrogen and oxygen atoms in total. The molecule has 0 amide bonds. The summed E-state index contributed by atoms with van der Waals surface area (Å²) in [7, 11) is 4.16. The van der Waals surface area contributed by atoms with Gasteiger partial charge in [0.05, 0.1) is 6.54 Å². The van der Waals surface area contributed by atoms with E-state index >= 15 is 0 Å². The van der Waals surface area contributed by atoms with Crippen LogP contribution in [0.1, 0.15) is 12.6 Å². The topological polar surface area (TPSA) is 21.1 Å². The molecular formula is C9H17N3. The quantitative estimate of drug-likeness (QED) is 0.667. The predicted octanol–water partition coefficient (Wildman–Crippen LogP) is 1.01. The van der Waals surface area contributed by atoms with Crippen LogP contribution in [0, 0.1) is 0 Å². The van der Waals surface area contributed by atoms with E-state index in [1.54, 1.807) is 0 Å². The molecule has 1 heterocycles. The maximum atomic E-state index is 4.25. The second-order valence-electron chi connectivity index (χ2n) is 3.20. The third-order valence-corrected chi connectivity index (χ3v) is 1.93. The Bertz CT molecular complexity index is 227. The maximum Gasteiger partial charge on any atom is 0.0539 e. The van der Waals surface area contributed by atoms with Gasteiger partial charge in [0.15, 0.2) is 0 Å². The molecule has 0 aromatic carbocycles. The van der Waals surface area contributed by atoms with Gasteiger partial charge >= 0.3 is 0 Å². The van der Waals surface area contributed by atoms with Gasteiger partial charge in [0.25, 0.3) is 0 Å². The third kappa shape index (κ3) is 2.34. The van der Waals surface area contributed by atoms with Crippen molar-refractivity contribution in [3.05, 3.63) is 18.0 Å². The van der Waals surface area contributed by atoms with E-state index in [1.807, 2.05) is 6.20 Å². The molecule has 12 heavy (non-hydrogen) atoms. The maximum absolute atomic E-state index is 4.25. The van der Waals surface area contributed by atoms with Crippen LogP contribution in [-0.2, 0) is 13.0 Å². The number of nitrogens with zero attached hydrogens (tertiary/aromatic N) is 3. The second-order valence-corrected chi connectivity index (χ2v) is 3.20. The van der Waals surface area contributed by atoms with Crippen molar-refractivity contribution in [2.75, 3.05) is 20.6 Å². The van der Waals surface area contributed by atoms with Crippen molar-refractivity contribution in [1.29, 1.82) is 0 Å². The summed E-state index contributed by atoms with van der Waals surface area (Å²) in [5.41, 5.74) is 1.32. The molecule has 0 saturated carbocycles. The number of hydrogen-bond acceptors (Lipinski definition) is 2. The molecule has 3 heteroatoms. The molecule has 0 aliphatic heterocycles. The summed E-state index contributed by atoms with van der Waals surface area (Å²) in [6.45, 7) is 4.20. The van der Waals surface area contributed by atoms with E-state index in [-0.39, 0.29) is 0 Å². The molecule has 0 aliphatic rings. The first-order chi connectivity index (χ1) is 5.74. The molecule has 0 fully saturated rings. The molecule has 1 aromatic heterocycles. The Morgan fingerprint density at radius 3 is 2.83 bits per heavy atom. The lowest BCUT2D eigenvalue weighted by Crippen LogP contribution is -2.19. The zero-order valence-electron chi connectivity index (χ0n) is 8.12. The zero-order valence-corrected chi connectivity index (χ0v) is 8.12. The highest BCUT2D eigenvalue weighted by Crippen LogP contribution is 1.99. The molecule has 0 aliphatic carbocycles. The molecule has 0 unspecified atom stereocenters. The van der Waals surface area contributed by atoms with E-state index in [2.05, 4.69) is 41.8 Å². The Morgan fingerprint density at radius 2 is 2.25 bits per heavy atom. The van der Waals surface area contributed by atoms with Gasteiger partial charge in [0.1, 0.15) is 0 Å². The van der Waals surface area contributed by atoms with Crippen LogP contribution in [0.25, 0.3) is 0 Å². The lowest BCUT2D eigenvalue weighted by atomic mass is 10.3. The van der Waals surface area contributed by atoms with E-state index in [0.717, 1.165) is 19.5 Å². The molecule has 0 N–H and O–H groups in total. The Balaban J connectivity index is 2.50. The molecule has 0 saturated heterocycles. The Labute approximate surface area is 74.0 Å². The van der Waals surface area contributed by atoms with Gasteiger partial charge < -0.3 is 4.90 Å². The first-order valence-electron chi connectivity index (χ1n) is 4.39. The van der Waals surface area contributed by atoms with Gasteiger partial charge in [0.2, 0.25) is 0 Å². The molecule has 68 valence electrons. The number of hydrogen-bond donors (Lipinski definition) is 0. The molecule has 0 radical (unpaired) electrons. The Morgan fingerprint density at radius 1 is 1.50 bits per heavy atom. The number of likely N-dealkylation sites (N-methyl/N-ethyl adjacent to an activating group) is 1. The third-order valence-electron chi connectivity index (χ3n) is 1.93. The minimum atomic E-state index is 0.989. The summed E-state index contributed by atoms with van der Waals surface area (Å²) < 4.78 is 2.07. The molecule has 1 aromatic rings. The van der Waals surface area contributed by atoms with Crippen LogP contribution in [0.5, 0.6) is 0 Å². The summed E-state index contributed by atoms with van der Waals surface area (Å²) in [4.78, 5) is 2.17. The zero-order chi connectivity index (χ0) is 8.97. The molecule has 0 atom stereocenters. The summed E-state index contributed by atoms with van der Waals surface area (Å²) in [5.74, 6) is 0. The van der Waals surface area contributed by atoms with E-state index in [4.69, 9.17) is 0 Å². The van der Waals surface area contributed by atoms with Crippen LogP contribution < -0.4 is 0 Å². The first-order valence-corrected chi connectivity index (χ1v) is 4.39. The van der Waals surface area contributed by atoms with Crippen molar-refractivity contribution in [2.24, 2.45) is 0 Å². The highest BCUT2D eigenvalue weighted by Gasteiger charge is 1.99. The smallest absolute Gasteiger partial charge is 0.0539 e. The minimum Gasteiger partial charge on any atom is -0.308 e. The van der Waals surface area contributed by atoms with E-state index in [9.17, 15) is 0 Å². The van der Waals surface area contributed by atoms with Crippen LogP contribution >= 0.6 is 0 Å². The van der Waals surface area contributed by atoms with Gasteiger partial charge in [-0.05, 0) is 26.6 Å². The number of aryl methyl sites for hydroxylation is 1. The largest absolute Gasteiger partial charge is 0.308 e. The number of aromatic nitrogens is 2. The van der Waals surface area contributed by atoms with Crippen molar-refractivity contribution in [1.82, 2.24) is 14.7 Å². The van der Waals surface area contributed by atoms with Crippen molar-refractivity contribution in [3.8, 4) is 0 Å². The van der Waals surface area contributed by atoms with Crippen LogP contribution in [0.3, 0.4) is 0 Å². The van der Waals surface area contributed by atoms with E-state index < -0.39 is 0 Å². The highest BCUT2D eigenvalue weighted by molar-refractivity contribution is 4.99. The molecular weight excluding hydrogens is 150 g/mol.